The van der Waals surface area contributed by atoms with Crippen LogP contribution in [0.2, 0.25) is 5.02 Å². The van der Waals surface area contributed by atoms with Crippen molar-refractivity contribution in [3.8, 4) is 5.75 Å². The van der Waals surface area contributed by atoms with E-state index in [-0.39, 0.29) is 12.5 Å². The highest BCUT2D eigenvalue weighted by molar-refractivity contribution is 9.10. The Morgan fingerprint density at radius 2 is 2.00 bits per heavy atom. The summed E-state index contributed by atoms with van der Waals surface area (Å²) < 4.78 is 6.36. The van der Waals surface area contributed by atoms with E-state index in [0.717, 1.165) is 15.6 Å². The summed E-state index contributed by atoms with van der Waals surface area (Å²) in [6, 6.07) is 11.2. The van der Waals surface area contributed by atoms with Gasteiger partial charge in [0.05, 0.1) is 10.7 Å². The lowest BCUT2D eigenvalue weighted by atomic mass is 10.1. The summed E-state index contributed by atoms with van der Waals surface area (Å²) in [7, 11) is 0. The van der Waals surface area contributed by atoms with E-state index in [1.165, 1.54) is 0 Å². The van der Waals surface area contributed by atoms with Gasteiger partial charge >= 0.3 is 0 Å². The van der Waals surface area contributed by atoms with Gasteiger partial charge in [-0.25, -0.2) is 0 Å². The first kappa shape index (κ1) is 15.9. The summed E-state index contributed by atoms with van der Waals surface area (Å²) in [5, 5.41) is 3.29. The van der Waals surface area contributed by atoms with Gasteiger partial charge in [-0.2, -0.15) is 0 Å². The minimum absolute atomic E-state index is 0.0923. The van der Waals surface area contributed by atoms with E-state index >= 15 is 0 Å². The predicted octanol–water partition coefficient (Wildman–Crippen LogP) is 4.74. The maximum atomic E-state index is 11.9. The topological polar surface area (TPSA) is 38.3 Å². The molecular weight excluding hydrogens is 354 g/mol. The first-order chi connectivity index (χ1) is 9.97. The first-order valence-electron chi connectivity index (χ1n) is 6.41. The molecule has 0 bridgehead atoms. The number of halogens is 2. The molecule has 0 atom stereocenters. The van der Waals surface area contributed by atoms with Crippen molar-refractivity contribution in [1.82, 2.24) is 0 Å². The van der Waals surface area contributed by atoms with E-state index < -0.39 is 0 Å². The third-order valence-electron chi connectivity index (χ3n) is 2.87. The monoisotopic (exact) mass is 367 g/mol. The molecule has 2 aromatic rings. The van der Waals surface area contributed by atoms with Gasteiger partial charge in [0.1, 0.15) is 5.75 Å². The molecule has 0 aliphatic carbocycles. The number of nitrogens with one attached hydrogen (secondary N) is 1. The first-order valence-corrected chi connectivity index (χ1v) is 7.58. The summed E-state index contributed by atoms with van der Waals surface area (Å²) in [5.74, 6) is 0.308. The molecule has 0 unspecified atom stereocenters. The zero-order valence-electron chi connectivity index (χ0n) is 11.7. The number of aryl methyl sites for hydroxylation is 2. The Labute approximate surface area is 137 Å². The van der Waals surface area contributed by atoms with Crippen LogP contribution in [0.1, 0.15) is 11.1 Å². The van der Waals surface area contributed by atoms with Crippen LogP contribution in [0.4, 0.5) is 5.69 Å². The van der Waals surface area contributed by atoms with Gasteiger partial charge in [-0.05, 0) is 59.1 Å². The molecule has 1 N–H and O–H groups in total. The van der Waals surface area contributed by atoms with E-state index in [1.54, 1.807) is 0 Å². The quantitative estimate of drug-likeness (QED) is 0.846. The molecule has 3 nitrogen and oxygen atoms in total. The molecule has 0 radical (unpaired) electrons. The Bertz CT molecular complexity index is 650. The van der Waals surface area contributed by atoms with Crippen LogP contribution >= 0.6 is 27.5 Å². The fourth-order valence-electron chi connectivity index (χ4n) is 1.97. The van der Waals surface area contributed by atoms with Crippen LogP contribution in [0.5, 0.6) is 5.75 Å². The van der Waals surface area contributed by atoms with Gasteiger partial charge in [0.25, 0.3) is 5.91 Å². The summed E-state index contributed by atoms with van der Waals surface area (Å²) in [5.41, 5.74) is 2.68. The molecule has 0 fully saturated rings. The Balaban J connectivity index is 2.01. The van der Waals surface area contributed by atoms with E-state index in [9.17, 15) is 4.79 Å². The van der Waals surface area contributed by atoms with Crippen LogP contribution in [-0.4, -0.2) is 12.5 Å². The lowest BCUT2D eigenvalue weighted by molar-refractivity contribution is -0.118. The van der Waals surface area contributed by atoms with E-state index in [4.69, 9.17) is 16.3 Å². The van der Waals surface area contributed by atoms with Crippen molar-refractivity contribution in [2.75, 3.05) is 11.9 Å². The number of anilines is 1. The van der Waals surface area contributed by atoms with Crippen molar-refractivity contribution in [3.05, 3.63) is 57.0 Å². The highest BCUT2D eigenvalue weighted by atomic mass is 79.9. The molecule has 21 heavy (non-hydrogen) atoms. The van der Waals surface area contributed by atoms with Crippen LogP contribution in [0, 0.1) is 13.8 Å². The fourth-order valence-corrected chi connectivity index (χ4v) is 2.73. The third-order valence-corrected chi connectivity index (χ3v) is 3.84. The van der Waals surface area contributed by atoms with Crippen molar-refractivity contribution in [3.63, 3.8) is 0 Å². The number of para-hydroxylation sites is 1. The van der Waals surface area contributed by atoms with Crippen LogP contribution in [-0.2, 0) is 4.79 Å². The zero-order valence-corrected chi connectivity index (χ0v) is 14.1. The summed E-state index contributed by atoms with van der Waals surface area (Å²) in [6.45, 7) is 3.77. The summed E-state index contributed by atoms with van der Waals surface area (Å²) in [6.07, 6.45) is 0. The van der Waals surface area contributed by atoms with Gasteiger partial charge < -0.3 is 10.1 Å². The fraction of sp³-hybridized carbons (Fsp3) is 0.188. The van der Waals surface area contributed by atoms with Gasteiger partial charge in [-0.1, -0.05) is 29.8 Å². The second kappa shape index (κ2) is 6.96. The molecule has 1 amide bonds. The summed E-state index contributed by atoms with van der Waals surface area (Å²) >= 11 is 9.51. The third kappa shape index (κ3) is 4.22. The Kier molecular flexibility index (Phi) is 5.26. The molecule has 0 spiro atoms. The number of hydrogen-bond donors (Lipinski definition) is 1. The summed E-state index contributed by atoms with van der Waals surface area (Å²) in [4.78, 5) is 11.9. The Morgan fingerprint density at radius 1 is 1.29 bits per heavy atom. The normalized spacial score (nSPS) is 10.3. The number of amides is 1. The van der Waals surface area contributed by atoms with Crippen molar-refractivity contribution >= 4 is 39.1 Å². The molecular formula is C16H15BrClNO2. The number of ether oxygens (including phenoxy) is 1. The highest BCUT2D eigenvalue weighted by Crippen LogP contribution is 2.29. The second-order valence-electron chi connectivity index (χ2n) is 4.71. The molecule has 5 heteroatoms. The van der Waals surface area contributed by atoms with Gasteiger partial charge in [-0.15, -0.1) is 0 Å². The van der Waals surface area contributed by atoms with Crippen LogP contribution in [0.15, 0.2) is 40.9 Å². The Hall–Kier alpha value is -1.52. The van der Waals surface area contributed by atoms with Gasteiger partial charge in [0, 0.05) is 4.47 Å². The number of benzene rings is 2. The molecule has 0 aromatic heterocycles. The van der Waals surface area contributed by atoms with E-state index in [1.807, 2.05) is 50.2 Å². The number of carbonyl (C=O) groups excluding carboxylic acids is 1. The Morgan fingerprint density at radius 3 is 2.67 bits per heavy atom. The van der Waals surface area contributed by atoms with E-state index in [2.05, 4.69) is 21.2 Å². The average molecular weight is 369 g/mol. The minimum atomic E-state index is -0.238. The zero-order chi connectivity index (χ0) is 15.4. The average Bonchev–Trinajstić information content (AvgIpc) is 2.40. The van der Waals surface area contributed by atoms with Gasteiger partial charge in [0.2, 0.25) is 0 Å². The van der Waals surface area contributed by atoms with Crippen molar-refractivity contribution in [2.24, 2.45) is 0 Å². The number of carbonyl (C=O) groups is 1. The molecule has 110 valence electrons. The van der Waals surface area contributed by atoms with Crippen molar-refractivity contribution in [1.29, 1.82) is 0 Å². The van der Waals surface area contributed by atoms with Crippen molar-refractivity contribution in [2.45, 2.75) is 13.8 Å². The maximum Gasteiger partial charge on any atom is 0.262 e. The second-order valence-corrected chi connectivity index (χ2v) is 5.97. The molecule has 0 saturated heterocycles. The predicted molar refractivity (Wildman–Crippen MR) is 89.2 cm³/mol. The maximum absolute atomic E-state index is 11.9. The molecule has 0 heterocycles. The van der Waals surface area contributed by atoms with Gasteiger partial charge in [-0.3, -0.25) is 4.79 Å². The van der Waals surface area contributed by atoms with Crippen molar-refractivity contribution < 1.29 is 9.53 Å². The largest absolute Gasteiger partial charge is 0.482 e. The van der Waals surface area contributed by atoms with Crippen LogP contribution < -0.4 is 10.1 Å². The lowest BCUT2D eigenvalue weighted by Crippen LogP contribution is -2.20. The highest BCUT2D eigenvalue weighted by Gasteiger charge is 2.10. The smallest absolute Gasteiger partial charge is 0.262 e. The molecule has 0 aliphatic rings. The van der Waals surface area contributed by atoms with Crippen LogP contribution in [0.25, 0.3) is 0 Å². The molecule has 0 saturated carbocycles. The number of hydrogen-bond acceptors (Lipinski definition) is 2. The molecule has 0 aliphatic heterocycles. The van der Waals surface area contributed by atoms with E-state index in [0.29, 0.717) is 16.5 Å². The minimum Gasteiger partial charge on any atom is -0.482 e. The lowest BCUT2D eigenvalue weighted by Gasteiger charge is -2.12. The van der Waals surface area contributed by atoms with Gasteiger partial charge in [0.15, 0.2) is 6.61 Å². The standard InChI is InChI=1S/C16H15BrClNO2/c1-10-7-11(2)16(13(18)8-10)21-9-15(20)19-14-6-4-3-5-12(14)17/h3-8H,9H2,1-2H3,(H,19,20). The molecule has 2 rings (SSSR count). The molecule has 2 aromatic carbocycles. The number of rotatable bonds is 4. The SMILES string of the molecule is Cc1cc(C)c(OCC(=O)Nc2ccccc2Br)c(Cl)c1. The van der Waals surface area contributed by atoms with Crippen LogP contribution in [0.3, 0.4) is 0 Å².